The summed E-state index contributed by atoms with van der Waals surface area (Å²) in [6.07, 6.45) is 77.4. The molecule has 0 N–H and O–H groups in total. The van der Waals surface area contributed by atoms with Crippen LogP contribution in [0.5, 0.6) is 0 Å². The second-order valence-corrected chi connectivity index (χ2v) is 19.2. The van der Waals surface area contributed by atoms with E-state index in [1.54, 1.807) is 0 Å². The van der Waals surface area contributed by atoms with Gasteiger partial charge in [-0.1, -0.05) is 234 Å². The van der Waals surface area contributed by atoms with Crippen molar-refractivity contribution in [1.29, 1.82) is 0 Å². The number of hydrogen-bond donors (Lipinski definition) is 0. The second kappa shape index (κ2) is 58.4. The number of rotatable bonds is 53. The molecule has 0 heterocycles. The lowest BCUT2D eigenvalue weighted by atomic mass is 10.1. The molecule has 1 unspecified atom stereocenters. The van der Waals surface area contributed by atoms with Crippen LogP contribution in [0.1, 0.15) is 278 Å². The maximum absolute atomic E-state index is 12.8. The molecule has 0 bridgehead atoms. The number of hydrogen-bond acceptors (Lipinski definition) is 5. The van der Waals surface area contributed by atoms with Gasteiger partial charge in [0.2, 0.25) is 0 Å². The highest BCUT2D eigenvalue weighted by atomic mass is 16.6. The standard InChI is InChI=1S/C63H110O5/c1-4-7-10-13-16-19-22-25-27-29-31-33-35-37-40-43-46-49-52-55-58-66-59-61(68-63(65)57-54-51-48-45-42-38-24-21-18-15-12-9-6-3)60-67-62(64)56-53-50-47-44-41-39-36-34-32-30-28-26-23-20-17-14-11-8-5-2/h8,11,16-17,19-21,24-28,32,34,61H,4-7,9-10,12-15,18,22-23,29-31,33,35-60H2,1-3H3/b11-8-,19-16-,20-17-,24-21-,27-25-,28-26-,34-32-. The molecule has 1 atom stereocenters. The third-order valence-corrected chi connectivity index (χ3v) is 12.4. The van der Waals surface area contributed by atoms with Crippen molar-refractivity contribution in [2.24, 2.45) is 0 Å². The minimum absolute atomic E-state index is 0.0710. The number of unbranched alkanes of at least 4 members (excludes halogenated alkanes) is 28. The van der Waals surface area contributed by atoms with Crippen molar-refractivity contribution in [2.45, 2.75) is 284 Å². The van der Waals surface area contributed by atoms with Gasteiger partial charge < -0.3 is 14.2 Å². The monoisotopic (exact) mass is 947 g/mol. The van der Waals surface area contributed by atoms with Gasteiger partial charge in [0.25, 0.3) is 0 Å². The van der Waals surface area contributed by atoms with Crippen LogP contribution in [-0.4, -0.2) is 37.9 Å². The first-order valence-electron chi connectivity index (χ1n) is 29.1. The molecule has 68 heavy (non-hydrogen) atoms. The molecular formula is C63H110O5. The van der Waals surface area contributed by atoms with E-state index >= 15 is 0 Å². The van der Waals surface area contributed by atoms with E-state index in [1.165, 1.54) is 148 Å². The molecule has 0 fully saturated rings. The molecule has 5 heteroatoms. The predicted molar refractivity (Wildman–Crippen MR) is 297 cm³/mol. The average molecular weight is 948 g/mol. The minimum Gasteiger partial charge on any atom is -0.462 e. The number of ether oxygens (including phenoxy) is 3. The van der Waals surface area contributed by atoms with Crippen molar-refractivity contribution in [3.05, 3.63) is 85.1 Å². The summed E-state index contributed by atoms with van der Waals surface area (Å²) in [7, 11) is 0. The van der Waals surface area contributed by atoms with Crippen molar-refractivity contribution in [2.75, 3.05) is 19.8 Å². The zero-order chi connectivity index (χ0) is 49.2. The van der Waals surface area contributed by atoms with E-state index in [1.807, 2.05) is 0 Å². The van der Waals surface area contributed by atoms with E-state index in [9.17, 15) is 9.59 Å². The summed E-state index contributed by atoms with van der Waals surface area (Å²) in [6.45, 7) is 7.67. The molecular weight excluding hydrogens is 837 g/mol. The van der Waals surface area contributed by atoms with E-state index in [0.29, 0.717) is 19.4 Å². The molecule has 0 aliphatic carbocycles. The Bertz CT molecular complexity index is 1250. The highest BCUT2D eigenvalue weighted by molar-refractivity contribution is 5.70. The maximum Gasteiger partial charge on any atom is 0.306 e. The van der Waals surface area contributed by atoms with Crippen LogP contribution in [0.25, 0.3) is 0 Å². The van der Waals surface area contributed by atoms with Gasteiger partial charge in [0.05, 0.1) is 6.61 Å². The zero-order valence-electron chi connectivity index (χ0n) is 45.1. The van der Waals surface area contributed by atoms with Crippen LogP contribution in [0.4, 0.5) is 0 Å². The molecule has 0 saturated heterocycles. The first-order chi connectivity index (χ1) is 33.6. The molecule has 0 saturated carbocycles. The van der Waals surface area contributed by atoms with Gasteiger partial charge in [-0.05, 0) is 116 Å². The van der Waals surface area contributed by atoms with Gasteiger partial charge >= 0.3 is 11.9 Å². The molecule has 0 spiro atoms. The summed E-state index contributed by atoms with van der Waals surface area (Å²) in [5.41, 5.74) is 0. The molecule has 0 aromatic rings. The van der Waals surface area contributed by atoms with Crippen LogP contribution in [0, 0.1) is 0 Å². The number of esters is 2. The van der Waals surface area contributed by atoms with Gasteiger partial charge in [-0.15, -0.1) is 0 Å². The fourth-order valence-electron chi connectivity index (χ4n) is 8.06. The second-order valence-electron chi connectivity index (χ2n) is 19.2. The Balaban J connectivity index is 4.28. The fraction of sp³-hybridized carbons (Fsp3) is 0.746. The molecule has 0 aliphatic heterocycles. The number of carbonyl (C=O) groups is 2. The minimum atomic E-state index is -0.552. The Morgan fingerprint density at radius 3 is 1.10 bits per heavy atom. The highest BCUT2D eigenvalue weighted by Gasteiger charge is 2.17. The van der Waals surface area contributed by atoms with Crippen molar-refractivity contribution in [3.63, 3.8) is 0 Å². The molecule has 5 nitrogen and oxygen atoms in total. The maximum atomic E-state index is 12.8. The summed E-state index contributed by atoms with van der Waals surface area (Å²) in [5.74, 6) is -0.420. The molecule has 0 radical (unpaired) electrons. The molecule has 0 aromatic heterocycles. The van der Waals surface area contributed by atoms with Gasteiger partial charge in [0.1, 0.15) is 6.61 Å². The van der Waals surface area contributed by atoms with Gasteiger partial charge in [0, 0.05) is 19.4 Å². The van der Waals surface area contributed by atoms with E-state index in [0.717, 1.165) is 96.3 Å². The summed E-state index contributed by atoms with van der Waals surface area (Å²) in [5, 5.41) is 0. The van der Waals surface area contributed by atoms with E-state index in [2.05, 4.69) is 106 Å². The Labute approximate surface area is 422 Å². The lowest BCUT2D eigenvalue weighted by Crippen LogP contribution is -2.30. The summed E-state index contributed by atoms with van der Waals surface area (Å²) >= 11 is 0. The van der Waals surface area contributed by atoms with Crippen LogP contribution < -0.4 is 0 Å². The SMILES string of the molecule is CC/C=C\C/C=C\C/C=C\C/C=C\CCCCCCCCC(=O)OCC(COCCCCCCCCCCCC/C=C\C/C=C\CCCCC)OC(=O)CCCCCCC/C=C\CCCCCC. The van der Waals surface area contributed by atoms with Gasteiger partial charge in [-0.25, -0.2) is 0 Å². The van der Waals surface area contributed by atoms with Crippen molar-refractivity contribution < 1.29 is 23.8 Å². The van der Waals surface area contributed by atoms with Crippen LogP contribution >= 0.6 is 0 Å². The van der Waals surface area contributed by atoms with Crippen molar-refractivity contribution >= 4 is 11.9 Å². The third kappa shape index (κ3) is 55.7. The topological polar surface area (TPSA) is 61.8 Å². The number of carbonyl (C=O) groups excluding carboxylic acids is 2. The van der Waals surface area contributed by atoms with Crippen molar-refractivity contribution in [1.82, 2.24) is 0 Å². The Kier molecular flexibility index (Phi) is 55.9. The fourth-order valence-corrected chi connectivity index (χ4v) is 8.06. The average Bonchev–Trinajstić information content (AvgIpc) is 3.34. The Morgan fingerprint density at radius 1 is 0.338 bits per heavy atom. The van der Waals surface area contributed by atoms with Crippen molar-refractivity contribution in [3.8, 4) is 0 Å². The molecule has 0 aromatic carbocycles. The molecule has 0 amide bonds. The van der Waals surface area contributed by atoms with Crippen LogP contribution in [0.3, 0.4) is 0 Å². The smallest absolute Gasteiger partial charge is 0.306 e. The van der Waals surface area contributed by atoms with Gasteiger partial charge in [-0.3, -0.25) is 9.59 Å². The molecule has 0 aliphatic rings. The van der Waals surface area contributed by atoms with E-state index in [-0.39, 0.29) is 25.2 Å². The Morgan fingerprint density at radius 2 is 0.662 bits per heavy atom. The lowest BCUT2D eigenvalue weighted by molar-refractivity contribution is -0.163. The first kappa shape index (κ1) is 65.1. The number of allylic oxidation sites excluding steroid dienone is 14. The quantitative estimate of drug-likeness (QED) is 0.0345. The first-order valence-corrected chi connectivity index (χ1v) is 29.1. The van der Waals surface area contributed by atoms with Gasteiger partial charge in [0.15, 0.2) is 6.10 Å². The summed E-state index contributed by atoms with van der Waals surface area (Å²) in [6, 6.07) is 0. The largest absolute Gasteiger partial charge is 0.462 e. The zero-order valence-corrected chi connectivity index (χ0v) is 45.1. The molecule has 392 valence electrons. The normalized spacial score (nSPS) is 12.8. The molecule has 0 rings (SSSR count). The van der Waals surface area contributed by atoms with Crippen LogP contribution in [0.2, 0.25) is 0 Å². The predicted octanol–water partition coefficient (Wildman–Crippen LogP) is 20.0. The summed E-state index contributed by atoms with van der Waals surface area (Å²) in [4.78, 5) is 25.5. The third-order valence-electron chi connectivity index (χ3n) is 12.4. The van der Waals surface area contributed by atoms with Crippen LogP contribution in [0.15, 0.2) is 85.1 Å². The lowest BCUT2D eigenvalue weighted by Gasteiger charge is -2.18. The summed E-state index contributed by atoms with van der Waals surface area (Å²) < 4.78 is 17.5. The van der Waals surface area contributed by atoms with E-state index in [4.69, 9.17) is 14.2 Å². The van der Waals surface area contributed by atoms with Crippen LogP contribution in [-0.2, 0) is 23.8 Å². The van der Waals surface area contributed by atoms with Gasteiger partial charge in [-0.2, -0.15) is 0 Å². The van der Waals surface area contributed by atoms with E-state index < -0.39 is 6.10 Å². The highest BCUT2D eigenvalue weighted by Crippen LogP contribution is 2.15. The Hall–Kier alpha value is -2.92.